The standard InChI is InChI=1S/C11H9BrClFN4S/c1-19-11-16-8(15)4-9(18-11)17-10-6(12)2-5(14)3-7(10)13/h2-4H,1H3,(H3,15,16,17,18). The van der Waals surface area contributed by atoms with Crippen molar-refractivity contribution in [2.45, 2.75) is 5.16 Å². The quantitative estimate of drug-likeness (QED) is 0.635. The third-order valence-corrected chi connectivity index (χ3v) is 3.64. The zero-order valence-corrected chi connectivity index (χ0v) is 12.9. The Balaban J connectivity index is 2.39. The summed E-state index contributed by atoms with van der Waals surface area (Å²) in [6.45, 7) is 0. The highest BCUT2D eigenvalue weighted by Crippen LogP contribution is 2.34. The van der Waals surface area contributed by atoms with Gasteiger partial charge in [0.25, 0.3) is 0 Å². The van der Waals surface area contributed by atoms with E-state index in [0.717, 1.165) is 0 Å². The first-order chi connectivity index (χ1) is 8.99. The van der Waals surface area contributed by atoms with Crippen molar-refractivity contribution in [3.05, 3.63) is 33.5 Å². The number of aromatic nitrogens is 2. The Morgan fingerprint density at radius 3 is 2.74 bits per heavy atom. The number of nitrogens with two attached hydrogens (primary N) is 1. The molecule has 3 N–H and O–H groups in total. The van der Waals surface area contributed by atoms with Gasteiger partial charge in [0.15, 0.2) is 5.16 Å². The van der Waals surface area contributed by atoms with E-state index >= 15 is 0 Å². The monoisotopic (exact) mass is 362 g/mol. The van der Waals surface area contributed by atoms with Gasteiger partial charge in [0.1, 0.15) is 17.5 Å². The van der Waals surface area contributed by atoms with Gasteiger partial charge in [-0.2, -0.15) is 0 Å². The highest BCUT2D eigenvalue weighted by atomic mass is 79.9. The van der Waals surface area contributed by atoms with E-state index in [4.69, 9.17) is 17.3 Å². The molecule has 4 nitrogen and oxygen atoms in total. The van der Waals surface area contributed by atoms with E-state index in [1.807, 2.05) is 6.26 Å². The van der Waals surface area contributed by atoms with Crippen LogP contribution in [0.1, 0.15) is 0 Å². The third kappa shape index (κ3) is 3.49. The van der Waals surface area contributed by atoms with Gasteiger partial charge in [0.05, 0.1) is 10.7 Å². The number of rotatable bonds is 3. The molecule has 0 spiro atoms. The fraction of sp³-hybridized carbons (Fsp3) is 0.0909. The van der Waals surface area contributed by atoms with Gasteiger partial charge in [-0.25, -0.2) is 14.4 Å². The molecular formula is C11H9BrClFN4S. The van der Waals surface area contributed by atoms with E-state index in [1.165, 1.54) is 23.9 Å². The Morgan fingerprint density at radius 2 is 2.11 bits per heavy atom. The molecular weight excluding hydrogens is 355 g/mol. The Hall–Kier alpha value is -1.05. The first kappa shape index (κ1) is 14.4. The largest absolute Gasteiger partial charge is 0.383 e. The predicted octanol–water partition coefficient (Wildman–Crippen LogP) is 4.08. The number of nitrogens with zero attached hydrogens (tertiary/aromatic N) is 2. The third-order valence-electron chi connectivity index (χ3n) is 2.17. The van der Waals surface area contributed by atoms with E-state index < -0.39 is 5.82 Å². The van der Waals surface area contributed by atoms with Crippen molar-refractivity contribution in [3.63, 3.8) is 0 Å². The summed E-state index contributed by atoms with van der Waals surface area (Å²) in [6.07, 6.45) is 1.85. The number of thioether (sulfide) groups is 1. The van der Waals surface area contributed by atoms with Gasteiger partial charge in [0, 0.05) is 10.5 Å². The Kier molecular flexibility index (Phi) is 4.49. The first-order valence-corrected chi connectivity index (χ1v) is 7.49. The Labute approximate surface area is 127 Å². The summed E-state index contributed by atoms with van der Waals surface area (Å²) in [4.78, 5) is 8.28. The second kappa shape index (κ2) is 5.94. The molecule has 0 aliphatic rings. The van der Waals surface area contributed by atoms with Crippen LogP contribution >= 0.6 is 39.3 Å². The minimum atomic E-state index is -0.422. The number of anilines is 3. The van der Waals surface area contributed by atoms with Gasteiger partial charge in [-0.1, -0.05) is 23.4 Å². The lowest BCUT2D eigenvalue weighted by molar-refractivity contribution is 0.627. The molecule has 0 aliphatic heterocycles. The summed E-state index contributed by atoms with van der Waals surface area (Å²) in [5.74, 6) is 0.414. The molecule has 0 fully saturated rings. The van der Waals surface area contributed by atoms with Crippen LogP contribution < -0.4 is 11.1 Å². The molecule has 0 saturated heterocycles. The molecule has 1 aromatic heterocycles. The molecule has 0 amide bonds. The van der Waals surface area contributed by atoms with Gasteiger partial charge in [-0.3, -0.25) is 0 Å². The van der Waals surface area contributed by atoms with Crippen LogP contribution in [0.4, 0.5) is 21.7 Å². The van der Waals surface area contributed by atoms with Crippen LogP contribution in [0.15, 0.2) is 27.8 Å². The number of halogens is 3. The van der Waals surface area contributed by atoms with Gasteiger partial charge in [0.2, 0.25) is 0 Å². The zero-order chi connectivity index (χ0) is 14.0. The maximum atomic E-state index is 13.1. The maximum Gasteiger partial charge on any atom is 0.191 e. The Morgan fingerprint density at radius 1 is 1.37 bits per heavy atom. The van der Waals surface area contributed by atoms with E-state index in [9.17, 15) is 4.39 Å². The first-order valence-electron chi connectivity index (χ1n) is 5.09. The van der Waals surface area contributed by atoms with Crippen molar-refractivity contribution >= 4 is 56.6 Å². The van der Waals surface area contributed by atoms with Crippen LogP contribution in [-0.2, 0) is 0 Å². The van der Waals surface area contributed by atoms with Crippen molar-refractivity contribution in [2.75, 3.05) is 17.3 Å². The van der Waals surface area contributed by atoms with Crippen molar-refractivity contribution in [2.24, 2.45) is 0 Å². The van der Waals surface area contributed by atoms with Crippen molar-refractivity contribution in [1.82, 2.24) is 9.97 Å². The van der Waals surface area contributed by atoms with Gasteiger partial charge >= 0.3 is 0 Å². The molecule has 0 aliphatic carbocycles. The zero-order valence-electron chi connectivity index (χ0n) is 9.75. The van der Waals surface area contributed by atoms with Crippen LogP contribution in [0.5, 0.6) is 0 Å². The number of hydrogen-bond donors (Lipinski definition) is 2. The number of nitrogens with one attached hydrogen (secondary N) is 1. The number of benzene rings is 1. The lowest BCUT2D eigenvalue weighted by Crippen LogP contribution is -2.01. The van der Waals surface area contributed by atoms with Gasteiger partial charge in [-0.05, 0) is 34.3 Å². The second-order valence-corrected chi connectivity index (χ2v) is 5.57. The molecule has 2 rings (SSSR count). The minimum absolute atomic E-state index is 0.245. The van der Waals surface area contributed by atoms with Crippen LogP contribution in [0.2, 0.25) is 5.02 Å². The fourth-order valence-electron chi connectivity index (χ4n) is 1.39. The number of hydrogen-bond acceptors (Lipinski definition) is 5. The molecule has 1 aromatic carbocycles. The normalized spacial score (nSPS) is 10.5. The van der Waals surface area contributed by atoms with Crippen LogP contribution in [-0.4, -0.2) is 16.2 Å². The number of nitrogen functional groups attached to an aromatic ring is 1. The van der Waals surface area contributed by atoms with Crippen molar-refractivity contribution in [1.29, 1.82) is 0 Å². The lowest BCUT2D eigenvalue weighted by Gasteiger charge is -2.11. The second-order valence-electron chi connectivity index (χ2n) is 3.53. The van der Waals surface area contributed by atoms with E-state index in [0.29, 0.717) is 27.0 Å². The smallest absolute Gasteiger partial charge is 0.191 e. The molecule has 0 saturated carbocycles. The molecule has 0 unspecified atom stereocenters. The van der Waals surface area contributed by atoms with E-state index in [2.05, 4.69) is 31.2 Å². The molecule has 19 heavy (non-hydrogen) atoms. The molecule has 0 atom stereocenters. The predicted molar refractivity (Wildman–Crippen MR) is 80.6 cm³/mol. The maximum absolute atomic E-state index is 13.1. The van der Waals surface area contributed by atoms with Gasteiger partial charge in [-0.15, -0.1) is 0 Å². The van der Waals surface area contributed by atoms with Gasteiger partial charge < -0.3 is 11.1 Å². The average Bonchev–Trinajstić information content (AvgIpc) is 2.33. The summed E-state index contributed by atoms with van der Waals surface area (Å²) in [5, 5.41) is 3.78. The SMILES string of the molecule is CSc1nc(N)cc(Nc2c(Cl)cc(F)cc2Br)n1. The van der Waals surface area contributed by atoms with Crippen molar-refractivity contribution < 1.29 is 4.39 Å². The summed E-state index contributed by atoms with van der Waals surface area (Å²) in [6, 6.07) is 4.11. The summed E-state index contributed by atoms with van der Waals surface area (Å²) in [7, 11) is 0. The van der Waals surface area contributed by atoms with E-state index in [1.54, 1.807) is 6.07 Å². The molecule has 0 bridgehead atoms. The minimum Gasteiger partial charge on any atom is -0.383 e. The van der Waals surface area contributed by atoms with Crippen LogP contribution in [0.25, 0.3) is 0 Å². The van der Waals surface area contributed by atoms with Crippen LogP contribution in [0.3, 0.4) is 0 Å². The lowest BCUT2D eigenvalue weighted by atomic mass is 10.3. The topological polar surface area (TPSA) is 63.8 Å². The summed E-state index contributed by atoms with van der Waals surface area (Å²) >= 11 is 10.6. The molecule has 1 heterocycles. The molecule has 8 heteroatoms. The highest BCUT2D eigenvalue weighted by Gasteiger charge is 2.10. The highest BCUT2D eigenvalue weighted by molar-refractivity contribution is 9.10. The molecule has 0 radical (unpaired) electrons. The van der Waals surface area contributed by atoms with E-state index in [-0.39, 0.29) is 5.02 Å². The average molecular weight is 364 g/mol. The molecule has 100 valence electrons. The van der Waals surface area contributed by atoms with Crippen LogP contribution in [0, 0.1) is 5.82 Å². The van der Waals surface area contributed by atoms with Crippen molar-refractivity contribution in [3.8, 4) is 0 Å². The summed E-state index contributed by atoms with van der Waals surface area (Å²) in [5.41, 5.74) is 6.20. The molecule has 2 aromatic rings. The summed E-state index contributed by atoms with van der Waals surface area (Å²) < 4.78 is 13.6. The fourth-order valence-corrected chi connectivity index (χ4v) is 2.67. The Bertz CT molecular complexity index is 603.